The highest BCUT2D eigenvalue weighted by Crippen LogP contribution is 2.62. The van der Waals surface area contributed by atoms with Crippen LogP contribution in [0.25, 0.3) is 0 Å². The van der Waals surface area contributed by atoms with E-state index in [9.17, 15) is 0 Å². The molecule has 4 unspecified atom stereocenters. The highest BCUT2D eigenvalue weighted by atomic mass is 31.1. The van der Waals surface area contributed by atoms with Crippen LogP contribution < -0.4 is 9.47 Å². The van der Waals surface area contributed by atoms with Crippen LogP contribution in [0.3, 0.4) is 0 Å². The number of hydrogen-bond donors (Lipinski definition) is 0. The van der Waals surface area contributed by atoms with Gasteiger partial charge in [-0.1, -0.05) is 68.9 Å². The summed E-state index contributed by atoms with van der Waals surface area (Å²) in [6.07, 6.45) is 23.7. The maximum absolute atomic E-state index is 5.96. The fourth-order valence-corrected chi connectivity index (χ4v) is 10.3. The van der Waals surface area contributed by atoms with Gasteiger partial charge in [0.1, 0.15) is 11.5 Å². The molecule has 3 aliphatic rings. The van der Waals surface area contributed by atoms with Crippen molar-refractivity contribution in [1.29, 1.82) is 0 Å². The molecule has 2 saturated carbocycles. The molecule has 3 aliphatic carbocycles. The molecular weight excluding hydrogens is 406 g/mol. The molecule has 0 N–H and O–H groups in total. The summed E-state index contributed by atoms with van der Waals surface area (Å²) >= 11 is 0. The lowest BCUT2D eigenvalue weighted by Gasteiger charge is -2.45. The van der Waals surface area contributed by atoms with Gasteiger partial charge in [0.15, 0.2) is 0 Å². The quantitative estimate of drug-likeness (QED) is 0.408. The van der Waals surface area contributed by atoms with Gasteiger partial charge in [-0.3, -0.25) is 0 Å². The molecule has 1 aromatic carbocycles. The van der Waals surface area contributed by atoms with Gasteiger partial charge in [0.2, 0.25) is 0 Å². The molecule has 0 amide bonds. The summed E-state index contributed by atoms with van der Waals surface area (Å²) in [6, 6.07) is 6.34. The molecule has 0 aromatic heterocycles. The standard InChI is InChI=1S/C26H38O2P2/c1-27-22-16-11-17-23(28-2)25(22)26(30-21-14-7-4-8-15-21)19-10-9-18-24(26)29-20-12-5-3-6-13-20/h9-11,16-21,24,29-30H,3-8,12-15H2,1-2H3. The van der Waals surface area contributed by atoms with Gasteiger partial charge in [-0.25, -0.2) is 0 Å². The van der Waals surface area contributed by atoms with Crippen LogP contribution in [0.5, 0.6) is 11.5 Å². The van der Waals surface area contributed by atoms with Crippen molar-refractivity contribution in [2.75, 3.05) is 14.2 Å². The van der Waals surface area contributed by atoms with E-state index in [4.69, 9.17) is 9.47 Å². The van der Waals surface area contributed by atoms with E-state index >= 15 is 0 Å². The number of methoxy groups -OCH3 is 2. The van der Waals surface area contributed by atoms with Gasteiger partial charge in [0.05, 0.1) is 19.8 Å². The van der Waals surface area contributed by atoms with Gasteiger partial charge in [-0.2, -0.15) is 0 Å². The molecule has 0 bridgehead atoms. The lowest BCUT2D eigenvalue weighted by Crippen LogP contribution is -2.35. The Balaban J connectivity index is 1.76. The second-order valence-electron chi connectivity index (χ2n) is 9.11. The zero-order chi connectivity index (χ0) is 20.8. The van der Waals surface area contributed by atoms with Crippen LogP contribution in [0.4, 0.5) is 0 Å². The predicted molar refractivity (Wildman–Crippen MR) is 134 cm³/mol. The third-order valence-electron chi connectivity index (χ3n) is 7.17. The second kappa shape index (κ2) is 10.7. The monoisotopic (exact) mass is 444 g/mol. The molecule has 2 fully saturated rings. The minimum Gasteiger partial charge on any atom is -0.496 e. The molecule has 1 aromatic rings. The van der Waals surface area contributed by atoms with E-state index in [-0.39, 0.29) is 5.16 Å². The third kappa shape index (κ3) is 4.81. The SMILES string of the molecule is COc1cccc(OC)c1C1(PC2CCCCC2)C=CC=CC1PC1CCCCC1. The van der Waals surface area contributed by atoms with Gasteiger partial charge in [-0.05, 0) is 49.1 Å². The average molecular weight is 445 g/mol. The van der Waals surface area contributed by atoms with Gasteiger partial charge >= 0.3 is 0 Å². The van der Waals surface area contributed by atoms with Crippen molar-refractivity contribution in [2.24, 2.45) is 0 Å². The molecule has 0 saturated heterocycles. The average Bonchev–Trinajstić information content (AvgIpc) is 2.81. The van der Waals surface area contributed by atoms with Gasteiger partial charge < -0.3 is 9.47 Å². The topological polar surface area (TPSA) is 18.5 Å². The van der Waals surface area contributed by atoms with Gasteiger partial charge in [0, 0.05) is 10.8 Å². The summed E-state index contributed by atoms with van der Waals surface area (Å²) in [5.74, 6) is 1.99. The van der Waals surface area contributed by atoms with Crippen molar-refractivity contribution in [2.45, 2.75) is 86.3 Å². The van der Waals surface area contributed by atoms with Crippen molar-refractivity contribution in [1.82, 2.24) is 0 Å². The van der Waals surface area contributed by atoms with Crippen molar-refractivity contribution < 1.29 is 9.47 Å². The lowest BCUT2D eigenvalue weighted by atomic mass is 9.89. The number of rotatable bonds is 7. The minimum atomic E-state index is 0.00456. The highest BCUT2D eigenvalue weighted by Gasteiger charge is 2.44. The molecule has 4 atom stereocenters. The van der Waals surface area contributed by atoms with Gasteiger partial charge in [0.25, 0.3) is 0 Å². The first-order valence-electron chi connectivity index (χ1n) is 11.9. The molecule has 0 aliphatic heterocycles. The summed E-state index contributed by atoms with van der Waals surface area (Å²) in [6.45, 7) is 0. The number of allylic oxidation sites excluding steroid dienone is 4. The first-order valence-corrected chi connectivity index (χ1v) is 14.1. The van der Waals surface area contributed by atoms with Crippen molar-refractivity contribution in [3.63, 3.8) is 0 Å². The normalized spacial score (nSPS) is 28.7. The number of hydrogen-bond acceptors (Lipinski definition) is 2. The van der Waals surface area contributed by atoms with Crippen LogP contribution in [-0.2, 0) is 5.16 Å². The molecule has 2 nitrogen and oxygen atoms in total. The maximum atomic E-state index is 5.96. The Bertz CT molecular complexity index is 725. The van der Waals surface area contributed by atoms with E-state index in [1.165, 1.54) is 69.8 Å². The van der Waals surface area contributed by atoms with Crippen LogP contribution in [0.2, 0.25) is 0 Å². The smallest absolute Gasteiger partial charge is 0.127 e. The molecule has 0 spiro atoms. The van der Waals surface area contributed by atoms with Gasteiger partial charge in [-0.15, -0.1) is 17.2 Å². The zero-order valence-electron chi connectivity index (χ0n) is 18.7. The maximum Gasteiger partial charge on any atom is 0.127 e. The van der Waals surface area contributed by atoms with E-state index in [0.717, 1.165) is 40.0 Å². The Kier molecular flexibility index (Phi) is 7.94. The van der Waals surface area contributed by atoms with Crippen molar-refractivity contribution in [3.8, 4) is 11.5 Å². The van der Waals surface area contributed by atoms with Crippen molar-refractivity contribution in [3.05, 3.63) is 48.1 Å². The van der Waals surface area contributed by atoms with E-state index in [1.807, 2.05) is 14.2 Å². The molecule has 4 rings (SSSR count). The number of ether oxygens (including phenoxy) is 2. The summed E-state index contributed by atoms with van der Waals surface area (Å²) in [4.78, 5) is 0. The molecule has 0 radical (unpaired) electrons. The first kappa shape index (κ1) is 22.4. The zero-order valence-corrected chi connectivity index (χ0v) is 20.7. The van der Waals surface area contributed by atoms with Crippen LogP contribution in [-0.4, -0.2) is 31.2 Å². The summed E-state index contributed by atoms with van der Waals surface area (Å²) in [7, 11) is 5.50. The Morgan fingerprint density at radius 1 is 0.800 bits per heavy atom. The fraction of sp³-hybridized carbons (Fsp3) is 0.615. The third-order valence-corrected chi connectivity index (χ3v) is 11.7. The minimum absolute atomic E-state index is 0.00456. The predicted octanol–water partition coefficient (Wildman–Crippen LogP) is 7.42. The van der Waals surface area contributed by atoms with Crippen LogP contribution in [0.1, 0.15) is 69.8 Å². The second-order valence-corrected chi connectivity index (χ2v) is 12.8. The van der Waals surface area contributed by atoms with Crippen LogP contribution in [0.15, 0.2) is 42.5 Å². The Labute approximate surface area is 186 Å². The molecule has 4 heteroatoms. The molecule has 30 heavy (non-hydrogen) atoms. The van der Waals surface area contributed by atoms with E-state index < -0.39 is 0 Å². The van der Waals surface area contributed by atoms with E-state index in [1.54, 1.807) is 0 Å². The van der Waals surface area contributed by atoms with Crippen LogP contribution in [0, 0.1) is 0 Å². The van der Waals surface area contributed by atoms with E-state index in [2.05, 4.69) is 42.5 Å². The lowest BCUT2D eigenvalue weighted by molar-refractivity contribution is 0.379. The Hall–Kier alpha value is -0.840. The van der Waals surface area contributed by atoms with Crippen LogP contribution >= 0.6 is 17.2 Å². The Morgan fingerprint density at radius 3 is 2.00 bits per heavy atom. The summed E-state index contributed by atoms with van der Waals surface area (Å²) in [5, 5.41) is 0.00456. The summed E-state index contributed by atoms with van der Waals surface area (Å²) < 4.78 is 11.9. The van der Waals surface area contributed by atoms with Crippen molar-refractivity contribution >= 4 is 17.2 Å². The number of benzene rings is 1. The Morgan fingerprint density at radius 2 is 1.40 bits per heavy atom. The molecule has 0 heterocycles. The summed E-state index contributed by atoms with van der Waals surface area (Å²) in [5.41, 5.74) is 3.56. The van der Waals surface area contributed by atoms with E-state index in [0.29, 0.717) is 5.66 Å². The molecular formula is C26H38O2P2. The highest BCUT2D eigenvalue weighted by molar-refractivity contribution is 7.45. The first-order chi connectivity index (χ1) is 14.8. The largest absolute Gasteiger partial charge is 0.496 e. The molecule has 164 valence electrons. The fourth-order valence-electron chi connectivity index (χ4n) is 5.64.